The molecule has 5 heteroatoms. The smallest absolute Gasteiger partial charge is 0.162 e. The molecule has 5 nitrogen and oxygen atoms in total. The number of phenols is 1. The van der Waals surface area contributed by atoms with Gasteiger partial charge in [0.25, 0.3) is 0 Å². The van der Waals surface area contributed by atoms with E-state index in [0.717, 1.165) is 49.2 Å². The number of hydrogen-bond donors (Lipinski definition) is 1. The summed E-state index contributed by atoms with van der Waals surface area (Å²) in [5.74, 6) is 1.76. The number of benzene rings is 1. The Morgan fingerprint density at radius 3 is 3.04 bits per heavy atom. The molecule has 1 aliphatic rings. The topological polar surface area (TPSA) is 58.7 Å². The second-order valence-electron chi connectivity index (χ2n) is 6.29. The molecule has 2 heterocycles. The maximum atomic E-state index is 10.4. The maximum Gasteiger partial charge on any atom is 0.162 e. The average molecular weight is 330 g/mol. The van der Waals surface area contributed by atoms with Crippen LogP contribution in [0.15, 0.2) is 28.8 Å². The fourth-order valence-electron chi connectivity index (χ4n) is 3.39. The van der Waals surface area contributed by atoms with E-state index >= 15 is 0 Å². The van der Waals surface area contributed by atoms with Gasteiger partial charge in [-0.2, -0.15) is 0 Å². The molecule has 0 bridgehead atoms. The lowest BCUT2D eigenvalue weighted by Crippen LogP contribution is -2.23. The minimum Gasteiger partial charge on any atom is -0.504 e. The first-order valence-corrected chi connectivity index (χ1v) is 8.86. The lowest BCUT2D eigenvalue weighted by Gasteiger charge is -2.23. The van der Waals surface area contributed by atoms with E-state index in [0.29, 0.717) is 18.9 Å². The van der Waals surface area contributed by atoms with Crippen molar-refractivity contribution >= 4 is 0 Å². The predicted octanol–water partition coefficient (Wildman–Crippen LogP) is 4.07. The summed E-state index contributed by atoms with van der Waals surface area (Å²) < 4.78 is 10.9. The molecule has 1 unspecified atom stereocenters. The zero-order valence-corrected chi connectivity index (χ0v) is 14.5. The van der Waals surface area contributed by atoms with Crippen molar-refractivity contribution in [2.75, 3.05) is 13.2 Å². The van der Waals surface area contributed by atoms with Gasteiger partial charge in [-0.1, -0.05) is 24.2 Å². The lowest BCUT2D eigenvalue weighted by molar-refractivity contribution is 0.232. The zero-order chi connectivity index (χ0) is 16.9. The molecule has 0 spiro atoms. The van der Waals surface area contributed by atoms with Gasteiger partial charge >= 0.3 is 0 Å². The highest BCUT2D eigenvalue weighted by atomic mass is 16.5. The van der Waals surface area contributed by atoms with Gasteiger partial charge < -0.3 is 14.4 Å². The molecular formula is C19H26N2O3. The molecule has 1 aromatic carbocycles. The van der Waals surface area contributed by atoms with E-state index in [4.69, 9.17) is 9.26 Å². The second-order valence-corrected chi connectivity index (χ2v) is 6.29. The molecule has 1 atom stereocenters. The van der Waals surface area contributed by atoms with E-state index in [2.05, 4.69) is 23.0 Å². The van der Waals surface area contributed by atoms with Gasteiger partial charge in [0.1, 0.15) is 11.5 Å². The van der Waals surface area contributed by atoms with Crippen LogP contribution >= 0.6 is 0 Å². The van der Waals surface area contributed by atoms with Crippen molar-refractivity contribution in [2.24, 2.45) is 0 Å². The third-order valence-corrected chi connectivity index (χ3v) is 4.53. The SMILES string of the molecule is CCCc1cc(C2CCCN2Cc2cccc(OCC)c2O)no1. The standard InChI is InChI=1S/C19H26N2O3/c1-3-7-15-12-16(20-24-15)17-9-6-11-21(17)13-14-8-5-10-18(19(14)22)23-4-2/h5,8,10,12,17,22H,3-4,6-7,9,11,13H2,1-2H3. The van der Waals surface area contributed by atoms with Gasteiger partial charge in [0.15, 0.2) is 11.5 Å². The van der Waals surface area contributed by atoms with Crippen molar-refractivity contribution in [2.45, 2.75) is 52.1 Å². The van der Waals surface area contributed by atoms with Crippen molar-refractivity contribution in [1.29, 1.82) is 0 Å². The van der Waals surface area contributed by atoms with Gasteiger partial charge in [-0.3, -0.25) is 4.90 Å². The molecular weight excluding hydrogens is 304 g/mol. The van der Waals surface area contributed by atoms with Gasteiger partial charge in [0, 0.05) is 24.6 Å². The van der Waals surface area contributed by atoms with Crippen molar-refractivity contribution < 1.29 is 14.4 Å². The summed E-state index contributed by atoms with van der Waals surface area (Å²) in [5.41, 5.74) is 1.90. The number of aryl methyl sites for hydroxylation is 1. The Morgan fingerprint density at radius 2 is 2.25 bits per heavy atom. The molecule has 3 rings (SSSR count). The Balaban J connectivity index is 1.75. The first-order valence-electron chi connectivity index (χ1n) is 8.86. The van der Waals surface area contributed by atoms with Crippen molar-refractivity contribution in [3.8, 4) is 11.5 Å². The van der Waals surface area contributed by atoms with Crippen molar-refractivity contribution in [3.05, 3.63) is 41.3 Å². The van der Waals surface area contributed by atoms with Crippen LogP contribution < -0.4 is 4.74 Å². The van der Waals surface area contributed by atoms with E-state index in [-0.39, 0.29) is 11.8 Å². The second kappa shape index (κ2) is 7.71. The van der Waals surface area contributed by atoms with E-state index in [9.17, 15) is 5.11 Å². The lowest BCUT2D eigenvalue weighted by atomic mass is 10.1. The minimum absolute atomic E-state index is 0.247. The van der Waals surface area contributed by atoms with Crippen LogP contribution in [0.3, 0.4) is 0 Å². The molecule has 130 valence electrons. The van der Waals surface area contributed by atoms with Crippen LogP contribution in [0.5, 0.6) is 11.5 Å². The number of para-hydroxylation sites is 1. The number of hydrogen-bond acceptors (Lipinski definition) is 5. The molecule has 1 aromatic heterocycles. The van der Waals surface area contributed by atoms with Crippen LogP contribution in [-0.2, 0) is 13.0 Å². The highest BCUT2D eigenvalue weighted by Gasteiger charge is 2.29. The number of aromatic nitrogens is 1. The highest BCUT2D eigenvalue weighted by molar-refractivity contribution is 5.45. The highest BCUT2D eigenvalue weighted by Crippen LogP contribution is 2.36. The van der Waals surface area contributed by atoms with Gasteiger partial charge in [-0.25, -0.2) is 0 Å². The van der Waals surface area contributed by atoms with Gasteiger partial charge in [-0.15, -0.1) is 0 Å². The molecule has 0 radical (unpaired) electrons. The summed E-state index contributed by atoms with van der Waals surface area (Å²) in [6.07, 6.45) is 4.19. The summed E-state index contributed by atoms with van der Waals surface area (Å²) in [5, 5.41) is 14.7. The molecule has 24 heavy (non-hydrogen) atoms. The molecule has 1 N–H and O–H groups in total. The Morgan fingerprint density at radius 1 is 1.38 bits per heavy atom. The number of likely N-dealkylation sites (tertiary alicyclic amines) is 1. The van der Waals surface area contributed by atoms with Crippen LogP contribution in [0.25, 0.3) is 0 Å². The summed E-state index contributed by atoms with van der Waals surface area (Å²) >= 11 is 0. The first-order chi connectivity index (χ1) is 11.7. The van der Waals surface area contributed by atoms with Crippen LogP contribution in [0.4, 0.5) is 0 Å². The van der Waals surface area contributed by atoms with Crippen LogP contribution in [-0.4, -0.2) is 28.3 Å². The number of aromatic hydroxyl groups is 1. The monoisotopic (exact) mass is 330 g/mol. The third-order valence-electron chi connectivity index (χ3n) is 4.53. The van der Waals surface area contributed by atoms with Crippen LogP contribution in [0, 0.1) is 0 Å². The van der Waals surface area contributed by atoms with Crippen LogP contribution in [0.1, 0.15) is 56.2 Å². The minimum atomic E-state index is 0.247. The maximum absolute atomic E-state index is 10.4. The van der Waals surface area contributed by atoms with E-state index in [1.165, 1.54) is 0 Å². The summed E-state index contributed by atoms with van der Waals surface area (Å²) in [6.45, 7) is 6.29. The molecule has 0 aliphatic carbocycles. The molecule has 0 saturated carbocycles. The Labute approximate surface area is 143 Å². The van der Waals surface area contributed by atoms with Crippen molar-refractivity contribution in [3.63, 3.8) is 0 Å². The fourth-order valence-corrected chi connectivity index (χ4v) is 3.39. The molecule has 1 aliphatic heterocycles. The summed E-state index contributed by atoms with van der Waals surface area (Å²) in [6, 6.07) is 8.04. The Hall–Kier alpha value is -2.01. The normalized spacial score (nSPS) is 18.2. The van der Waals surface area contributed by atoms with Gasteiger partial charge in [0.2, 0.25) is 0 Å². The summed E-state index contributed by atoms with van der Waals surface area (Å²) in [4.78, 5) is 2.36. The predicted molar refractivity (Wildman–Crippen MR) is 92.2 cm³/mol. The average Bonchev–Trinajstić information content (AvgIpc) is 3.21. The molecule has 2 aromatic rings. The van der Waals surface area contributed by atoms with Gasteiger partial charge in [-0.05, 0) is 38.8 Å². The number of nitrogens with zero attached hydrogens (tertiary/aromatic N) is 2. The van der Waals surface area contributed by atoms with E-state index in [1.807, 2.05) is 19.1 Å². The van der Waals surface area contributed by atoms with Crippen LogP contribution in [0.2, 0.25) is 0 Å². The summed E-state index contributed by atoms with van der Waals surface area (Å²) in [7, 11) is 0. The first kappa shape index (κ1) is 16.8. The quantitative estimate of drug-likeness (QED) is 0.829. The largest absolute Gasteiger partial charge is 0.504 e. The fraction of sp³-hybridized carbons (Fsp3) is 0.526. The number of ether oxygens (including phenoxy) is 1. The Kier molecular flexibility index (Phi) is 5.41. The molecule has 1 fully saturated rings. The number of phenolic OH excluding ortho intramolecular Hbond substituents is 1. The third kappa shape index (κ3) is 3.56. The van der Waals surface area contributed by atoms with Gasteiger partial charge in [0.05, 0.1) is 12.6 Å². The van der Waals surface area contributed by atoms with E-state index < -0.39 is 0 Å². The molecule has 1 saturated heterocycles. The Bertz CT molecular complexity index is 668. The molecule has 0 amide bonds. The van der Waals surface area contributed by atoms with E-state index in [1.54, 1.807) is 6.07 Å². The zero-order valence-electron chi connectivity index (χ0n) is 14.5. The van der Waals surface area contributed by atoms with Crippen molar-refractivity contribution in [1.82, 2.24) is 10.1 Å². The number of rotatable bonds is 7.